The van der Waals surface area contributed by atoms with Crippen molar-refractivity contribution in [2.45, 2.75) is 31.7 Å². The molecule has 1 heterocycles. The molecule has 0 aliphatic carbocycles. The molecule has 2 N–H and O–H groups in total. The maximum Gasteiger partial charge on any atom is 0.303 e. The normalized spacial score (nSPS) is 17.1. The lowest BCUT2D eigenvalue weighted by molar-refractivity contribution is -0.384. The predicted octanol–water partition coefficient (Wildman–Crippen LogP) is 3.67. The van der Waals surface area contributed by atoms with Gasteiger partial charge in [-0.3, -0.25) is 24.5 Å². The third-order valence-electron chi connectivity index (χ3n) is 5.59. The maximum atomic E-state index is 13.0. The van der Waals surface area contributed by atoms with E-state index in [4.69, 9.17) is 9.84 Å². The fourth-order valence-electron chi connectivity index (χ4n) is 3.90. The highest BCUT2D eigenvalue weighted by atomic mass is 16.6. The Morgan fingerprint density at radius 3 is 2.41 bits per heavy atom. The molecular formula is C24H24N2O8. The number of nitrogens with zero attached hydrogens (tertiary/aromatic N) is 2. The van der Waals surface area contributed by atoms with E-state index in [9.17, 15) is 29.6 Å². The van der Waals surface area contributed by atoms with Gasteiger partial charge in [-0.1, -0.05) is 18.6 Å². The molecule has 0 aromatic heterocycles. The van der Waals surface area contributed by atoms with Crippen LogP contribution >= 0.6 is 0 Å². The number of ketones is 1. The van der Waals surface area contributed by atoms with Gasteiger partial charge in [-0.15, -0.1) is 0 Å². The molecule has 1 aliphatic heterocycles. The van der Waals surface area contributed by atoms with Crippen LogP contribution in [-0.2, 0) is 14.4 Å². The van der Waals surface area contributed by atoms with Crippen molar-refractivity contribution in [1.29, 1.82) is 0 Å². The van der Waals surface area contributed by atoms with E-state index in [1.165, 1.54) is 36.3 Å². The maximum absolute atomic E-state index is 13.0. The van der Waals surface area contributed by atoms with Gasteiger partial charge in [-0.25, -0.2) is 0 Å². The fourth-order valence-corrected chi connectivity index (χ4v) is 3.90. The number of amides is 1. The van der Waals surface area contributed by atoms with Gasteiger partial charge in [0.2, 0.25) is 0 Å². The summed E-state index contributed by atoms with van der Waals surface area (Å²) in [5.41, 5.74) is 0.408. The first-order chi connectivity index (χ1) is 16.2. The van der Waals surface area contributed by atoms with E-state index in [-0.39, 0.29) is 29.8 Å². The van der Waals surface area contributed by atoms with Crippen molar-refractivity contribution >= 4 is 29.1 Å². The van der Waals surface area contributed by atoms with E-state index in [1.807, 2.05) is 0 Å². The van der Waals surface area contributed by atoms with Gasteiger partial charge in [0.25, 0.3) is 17.4 Å². The van der Waals surface area contributed by atoms with E-state index >= 15 is 0 Å². The summed E-state index contributed by atoms with van der Waals surface area (Å²) in [7, 11) is 1.48. The molecule has 3 rings (SSSR count). The van der Waals surface area contributed by atoms with Crippen LogP contribution in [0.25, 0.3) is 5.76 Å². The number of hydrogen-bond acceptors (Lipinski definition) is 7. The average molecular weight is 468 g/mol. The zero-order valence-electron chi connectivity index (χ0n) is 18.5. The number of non-ortho nitro benzene ring substituents is 1. The second-order valence-electron chi connectivity index (χ2n) is 7.78. The van der Waals surface area contributed by atoms with Crippen LogP contribution in [0.4, 0.5) is 5.69 Å². The minimum absolute atomic E-state index is 0.0122. The Bertz CT molecular complexity index is 1140. The largest absolute Gasteiger partial charge is 0.507 e. The summed E-state index contributed by atoms with van der Waals surface area (Å²) in [6.45, 7) is 0.184. The molecule has 1 aliphatic rings. The Morgan fingerprint density at radius 2 is 1.79 bits per heavy atom. The molecule has 1 atom stereocenters. The number of benzene rings is 2. The van der Waals surface area contributed by atoms with Crippen molar-refractivity contribution in [2.75, 3.05) is 13.7 Å². The van der Waals surface area contributed by atoms with Gasteiger partial charge < -0.3 is 19.8 Å². The molecular weight excluding hydrogens is 444 g/mol. The van der Waals surface area contributed by atoms with E-state index in [0.717, 1.165) is 0 Å². The van der Waals surface area contributed by atoms with E-state index < -0.39 is 34.4 Å². The number of carbonyl (C=O) groups is 3. The van der Waals surface area contributed by atoms with Crippen LogP contribution in [0, 0.1) is 10.1 Å². The third kappa shape index (κ3) is 5.22. The van der Waals surface area contributed by atoms with Gasteiger partial charge in [-0.2, -0.15) is 0 Å². The molecule has 2 aromatic rings. The molecule has 2 aromatic carbocycles. The minimum Gasteiger partial charge on any atom is -0.507 e. The summed E-state index contributed by atoms with van der Waals surface area (Å²) in [5.74, 6) is -2.49. The third-order valence-corrected chi connectivity index (χ3v) is 5.59. The molecule has 0 unspecified atom stereocenters. The molecule has 0 saturated carbocycles. The SMILES string of the molecule is COc1cccc([C@H]2C(=C(O)c3ccc([N+](=O)[O-])cc3)C(=O)C(=O)N2CCCCCC(=O)O)c1. The molecule has 1 fully saturated rings. The molecule has 0 spiro atoms. The molecule has 0 bridgehead atoms. The Kier molecular flexibility index (Phi) is 7.62. The number of rotatable bonds is 10. The average Bonchev–Trinajstić information content (AvgIpc) is 3.08. The summed E-state index contributed by atoms with van der Waals surface area (Å²) in [6.07, 6.45) is 1.46. The molecule has 0 radical (unpaired) electrons. The minimum atomic E-state index is -0.903. The monoisotopic (exact) mass is 468 g/mol. The second kappa shape index (κ2) is 10.6. The molecule has 10 heteroatoms. The Labute approximate surface area is 195 Å². The molecule has 178 valence electrons. The summed E-state index contributed by atoms with van der Waals surface area (Å²) in [5, 5.41) is 30.7. The van der Waals surface area contributed by atoms with Crippen LogP contribution in [-0.4, -0.2) is 51.4 Å². The fraction of sp³-hybridized carbons (Fsp3) is 0.292. The summed E-state index contributed by atoms with van der Waals surface area (Å²) >= 11 is 0. The zero-order chi connectivity index (χ0) is 24.8. The van der Waals surface area contributed by atoms with Crippen molar-refractivity contribution in [2.24, 2.45) is 0 Å². The number of nitro groups is 1. The van der Waals surface area contributed by atoms with Crippen molar-refractivity contribution < 1.29 is 34.3 Å². The van der Waals surface area contributed by atoms with E-state index in [0.29, 0.717) is 30.6 Å². The summed E-state index contributed by atoms with van der Waals surface area (Å²) in [4.78, 5) is 48.4. The summed E-state index contributed by atoms with van der Waals surface area (Å²) < 4.78 is 5.27. The molecule has 1 amide bonds. The number of carbonyl (C=O) groups excluding carboxylic acids is 2. The number of hydrogen-bond donors (Lipinski definition) is 2. The number of aliphatic hydroxyl groups excluding tert-OH is 1. The highest BCUT2D eigenvalue weighted by Crippen LogP contribution is 2.40. The topological polar surface area (TPSA) is 147 Å². The van der Waals surface area contributed by atoms with E-state index in [1.54, 1.807) is 24.3 Å². The lowest BCUT2D eigenvalue weighted by atomic mass is 9.95. The van der Waals surface area contributed by atoms with Crippen LogP contribution in [0.2, 0.25) is 0 Å². The van der Waals surface area contributed by atoms with Crippen molar-refractivity contribution in [3.8, 4) is 5.75 Å². The van der Waals surface area contributed by atoms with Crippen LogP contribution < -0.4 is 4.74 Å². The number of nitro benzene ring substituents is 1. The Hall–Kier alpha value is -4.21. The zero-order valence-corrected chi connectivity index (χ0v) is 18.5. The highest BCUT2D eigenvalue weighted by molar-refractivity contribution is 6.46. The molecule has 1 saturated heterocycles. The number of likely N-dealkylation sites (tertiary alicyclic amines) is 1. The molecule has 10 nitrogen and oxygen atoms in total. The van der Waals surface area contributed by atoms with Gasteiger partial charge >= 0.3 is 5.97 Å². The number of carboxylic acid groups (broad SMARTS) is 1. The standard InChI is InChI=1S/C24H24N2O8/c1-34-18-7-5-6-16(14-18)21-20(22(29)15-9-11-17(12-10-15)26(32)33)23(30)24(31)25(21)13-4-2-3-8-19(27)28/h5-7,9-12,14,21,29H,2-4,8,13H2,1H3,(H,27,28)/t21-/m0/s1. The van der Waals surface area contributed by atoms with Gasteiger partial charge in [0.1, 0.15) is 11.5 Å². The predicted molar refractivity (Wildman–Crippen MR) is 121 cm³/mol. The lowest BCUT2D eigenvalue weighted by Gasteiger charge is -2.25. The number of Topliss-reactive ketones (excluding diaryl/α,β-unsaturated/α-hetero) is 1. The number of carboxylic acids is 1. The van der Waals surface area contributed by atoms with Crippen LogP contribution in [0.15, 0.2) is 54.1 Å². The number of unbranched alkanes of at least 4 members (excludes halogenated alkanes) is 2. The van der Waals surface area contributed by atoms with Gasteiger partial charge in [0.05, 0.1) is 23.6 Å². The number of methoxy groups -OCH3 is 1. The van der Waals surface area contributed by atoms with Crippen molar-refractivity contribution in [3.63, 3.8) is 0 Å². The first-order valence-corrected chi connectivity index (χ1v) is 10.6. The lowest BCUT2D eigenvalue weighted by Crippen LogP contribution is -2.30. The second-order valence-corrected chi connectivity index (χ2v) is 7.78. The number of aliphatic carboxylic acids is 1. The van der Waals surface area contributed by atoms with Gasteiger partial charge in [0, 0.05) is 30.7 Å². The molecule has 34 heavy (non-hydrogen) atoms. The first kappa shape index (κ1) is 24.4. The highest BCUT2D eigenvalue weighted by Gasteiger charge is 2.45. The summed E-state index contributed by atoms with van der Waals surface area (Å²) in [6, 6.07) is 10.9. The van der Waals surface area contributed by atoms with Crippen molar-refractivity contribution in [1.82, 2.24) is 4.90 Å². The number of aliphatic hydroxyl groups is 1. The van der Waals surface area contributed by atoms with Crippen LogP contribution in [0.5, 0.6) is 5.75 Å². The van der Waals surface area contributed by atoms with Crippen molar-refractivity contribution in [3.05, 3.63) is 75.3 Å². The first-order valence-electron chi connectivity index (χ1n) is 10.6. The van der Waals surface area contributed by atoms with E-state index in [2.05, 4.69) is 0 Å². The smallest absolute Gasteiger partial charge is 0.303 e. The van der Waals surface area contributed by atoms with Crippen LogP contribution in [0.1, 0.15) is 42.9 Å². The Balaban J connectivity index is 2.01. The Morgan fingerprint density at radius 1 is 1.09 bits per heavy atom. The number of ether oxygens (including phenoxy) is 1. The van der Waals surface area contributed by atoms with Gasteiger partial charge in [0.15, 0.2) is 0 Å². The van der Waals surface area contributed by atoms with Gasteiger partial charge in [-0.05, 0) is 42.7 Å². The van der Waals surface area contributed by atoms with Crippen LogP contribution in [0.3, 0.4) is 0 Å². The quantitative estimate of drug-likeness (QED) is 0.134.